The zero-order chi connectivity index (χ0) is 23.9. The Morgan fingerprint density at radius 3 is 2.41 bits per heavy atom. The second kappa shape index (κ2) is 8.95. The number of imidazole rings is 1. The van der Waals surface area contributed by atoms with Crippen LogP contribution in [0.3, 0.4) is 0 Å². The molecule has 4 aromatic rings. The van der Waals surface area contributed by atoms with E-state index in [2.05, 4.69) is 59.7 Å². The Balaban J connectivity index is 1.29. The number of nitrogens with zero attached hydrogens (tertiary/aromatic N) is 4. The van der Waals surface area contributed by atoms with Gasteiger partial charge in [-0.15, -0.1) is 0 Å². The van der Waals surface area contributed by atoms with Gasteiger partial charge in [-0.05, 0) is 43.5 Å². The molecule has 0 N–H and O–H groups in total. The first-order valence-electron chi connectivity index (χ1n) is 11.8. The fraction of sp³-hybridized carbons (Fsp3) is 0.370. The van der Waals surface area contributed by atoms with Gasteiger partial charge in [-0.25, -0.2) is 4.98 Å². The van der Waals surface area contributed by atoms with Gasteiger partial charge in [0.05, 0.1) is 16.6 Å². The first kappa shape index (κ1) is 22.7. The molecule has 0 aliphatic carbocycles. The van der Waals surface area contributed by atoms with Gasteiger partial charge in [-0.2, -0.15) is 13.2 Å². The largest absolute Gasteiger partial charge is 0.416 e. The van der Waals surface area contributed by atoms with Crippen molar-refractivity contribution in [1.29, 1.82) is 0 Å². The van der Waals surface area contributed by atoms with Crippen molar-refractivity contribution < 1.29 is 13.2 Å². The van der Waals surface area contributed by atoms with Crippen molar-refractivity contribution in [2.45, 2.75) is 32.5 Å². The smallest absolute Gasteiger partial charge is 0.369 e. The number of alkyl halides is 3. The second-order valence-corrected chi connectivity index (χ2v) is 9.27. The van der Waals surface area contributed by atoms with E-state index in [0.29, 0.717) is 24.8 Å². The molecule has 1 fully saturated rings. The highest BCUT2D eigenvalue weighted by atomic mass is 19.4. The Labute approximate surface area is 197 Å². The molecule has 1 aromatic heterocycles. The van der Waals surface area contributed by atoms with E-state index in [0.717, 1.165) is 43.5 Å². The molecule has 0 bridgehead atoms. The van der Waals surface area contributed by atoms with Crippen LogP contribution in [0.2, 0.25) is 0 Å². The highest BCUT2D eigenvalue weighted by molar-refractivity contribution is 6.04. The molecule has 4 nitrogen and oxygen atoms in total. The first-order chi connectivity index (χ1) is 16.3. The lowest BCUT2D eigenvalue weighted by Crippen LogP contribution is -2.47. The van der Waals surface area contributed by atoms with Gasteiger partial charge >= 0.3 is 6.18 Å². The molecular formula is C27H29F3N4. The van der Waals surface area contributed by atoms with Crippen LogP contribution in [0.25, 0.3) is 21.8 Å². The molecule has 0 radical (unpaired) electrons. The number of piperazine rings is 1. The van der Waals surface area contributed by atoms with E-state index < -0.39 is 11.7 Å². The number of halogens is 3. The van der Waals surface area contributed by atoms with Crippen molar-refractivity contribution in [3.63, 3.8) is 0 Å². The Hall–Kier alpha value is -3.06. The van der Waals surface area contributed by atoms with Crippen LogP contribution in [0.4, 0.5) is 18.9 Å². The summed E-state index contributed by atoms with van der Waals surface area (Å²) >= 11 is 0. The highest BCUT2D eigenvalue weighted by Crippen LogP contribution is 2.32. The number of aromatic nitrogens is 2. The molecule has 0 atom stereocenters. The zero-order valence-electron chi connectivity index (χ0n) is 19.5. The predicted molar refractivity (Wildman–Crippen MR) is 131 cm³/mol. The summed E-state index contributed by atoms with van der Waals surface area (Å²) in [5.41, 5.74) is 2.27. The Morgan fingerprint density at radius 1 is 0.912 bits per heavy atom. The van der Waals surface area contributed by atoms with Crippen LogP contribution in [0.5, 0.6) is 0 Å². The molecule has 0 amide bonds. The van der Waals surface area contributed by atoms with Crippen LogP contribution in [-0.2, 0) is 12.6 Å². The van der Waals surface area contributed by atoms with E-state index >= 15 is 0 Å². The number of hydrogen-bond donors (Lipinski definition) is 0. The van der Waals surface area contributed by atoms with Gasteiger partial charge < -0.3 is 9.47 Å². The summed E-state index contributed by atoms with van der Waals surface area (Å²) in [7, 11) is 0. The van der Waals surface area contributed by atoms with Gasteiger partial charge in [0.25, 0.3) is 0 Å². The quantitative estimate of drug-likeness (QED) is 0.352. The molecule has 178 valence electrons. The van der Waals surface area contributed by atoms with Crippen molar-refractivity contribution in [2.75, 3.05) is 37.6 Å². The molecule has 0 saturated carbocycles. The summed E-state index contributed by atoms with van der Waals surface area (Å²) < 4.78 is 41.6. The normalized spacial score (nSPS) is 15.6. The summed E-state index contributed by atoms with van der Waals surface area (Å²) in [5.74, 6) is 1.08. The maximum atomic E-state index is 13.1. The Morgan fingerprint density at radius 2 is 1.68 bits per heavy atom. The molecule has 1 aliphatic heterocycles. The highest BCUT2D eigenvalue weighted by Gasteiger charge is 2.31. The van der Waals surface area contributed by atoms with E-state index in [-0.39, 0.29) is 0 Å². The summed E-state index contributed by atoms with van der Waals surface area (Å²) in [6.45, 7) is 8.34. The van der Waals surface area contributed by atoms with Crippen LogP contribution in [0.15, 0.2) is 60.7 Å². The molecule has 34 heavy (non-hydrogen) atoms. The molecule has 0 unspecified atom stereocenters. The molecule has 7 heteroatoms. The maximum absolute atomic E-state index is 13.1. The minimum absolute atomic E-state index is 0.295. The van der Waals surface area contributed by atoms with E-state index in [1.807, 2.05) is 4.90 Å². The number of hydrogen-bond acceptors (Lipinski definition) is 3. The Kier molecular flexibility index (Phi) is 5.98. The van der Waals surface area contributed by atoms with Gasteiger partial charge in [-0.1, -0.05) is 36.4 Å². The third-order valence-corrected chi connectivity index (χ3v) is 6.73. The molecule has 1 aliphatic rings. The van der Waals surface area contributed by atoms with E-state index in [1.54, 1.807) is 6.07 Å². The first-order valence-corrected chi connectivity index (χ1v) is 11.8. The molecule has 0 spiro atoms. The van der Waals surface area contributed by atoms with Gasteiger partial charge in [0.15, 0.2) is 0 Å². The van der Waals surface area contributed by atoms with Gasteiger partial charge in [-0.3, -0.25) is 4.90 Å². The van der Waals surface area contributed by atoms with E-state index in [1.165, 1.54) is 28.4 Å². The molecule has 2 heterocycles. The lowest BCUT2D eigenvalue weighted by atomic mass is 10.1. The average molecular weight is 467 g/mol. The third-order valence-electron chi connectivity index (χ3n) is 6.73. The van der Waals surface area contributed by atoms with Crippen LogP contribution in [0, 0.1) is 0 Å². The van der Waals surface area contributed by atoms with Gasteiger partial charge in [0.1, 0.15) is 5.82 Å². The summed E-state index contributed by atoms with van der Waals surface area (Å²) in [4.78, 5) is 9.41. The topological polar surface area (TPSA) is 24.3 Å². The lowest BCUT2D eigenvalue weighted by Gasteiger charge is -2.36. The number of rotatable bonds is 5. The minimum atomic E-state index is -4.31. The lowest BCUT2D eigenvalue weighted by molar-refractivity contribution is -0.137. The molecule has 3 aromatic carbocycles. The molecule has 5 rings (SSSR count). The predicted octanol–water partition coefficient (Wildman–Crippen LogP) is 6.15. The minimum Gasteiger partial charge on any atom is -0.369 e. The molecular weight excluding hydrogens is 437 g/mol. The second-order valence-electron chi connectivity index (χ2n) is 9.27. The van der Waals surface area contributed by atoms with Crippen LogP contribution in [0.1, 0.15) is 31.3 Å². The number of benzene rings is 3. The van der Waals surface area contributed by atoms with Crippen molar-refractivity contribution >= 4 is 27.5 Å². The fourth-order valence-electron chi connectivity index (χ4n) is 5.01. The molecule has 1 saturated heterocycles. The van der Waals surface area contributed by atoms with E-state index in [9.17, 15) is 13.2 Å². The zero-order valence-corrected chi connectivity index (χ0v) is 19.5. The van der Waals surface area contributed by atoms with Crippen LogP contribution >= 0.6 is 0 Å². The maximum Gasteiger partial charge on any atom is 0.416 e. The van der Waals surface area contributed by atoms with E-state index in [4.69, 9.17) is 4.98 Å². The summed E-state index contributed by atoms with van der Waals surface area (Å²) in [6.07, 6.45) is -3.48. The van der Waals surface area contributed by atoms with Gasteiger partial charge in [0, 0.05) is 56.3 Å². The standard InChI is InChI=1S/C27H29F3N4/c1-19(2)34-25(31-24-11-10-20-6-3-4-9-23(20)26(24)34)12-13-32-14-16-33(17-15-32)22-8-5-7-21(18-22)27(28,29)30/h3-11,18-19H,12-17H2,1-2H3. The summed E-state index contributed by atoms with van der Waals surface area (Å²) in [6, 6.07) is 18.6. The SMILES string of the molecule is CC(C)n1c(CCN2CCN(c3cccc(C(F)(F)F)c3)CC2)nc2ccc3ccccc3c21. The van der Waals surface area contributed by atoms with Crippen molar-refractivity contribution in [2.24, 2.45) is 0 Å². The number of anilines is 1. The summed E-state index contributed by atoms with van der Waals surface area (Å²) in [5, 5.41) is 2.44. The Bertz CT molecular complexity index is 1300. The van der Waals surface area contributed by atoms with Gasteiger partial charge in [0.2, 0.25) is 0 Å². The van der Waals surface area contributed by atoms with Crippen molar-refractivity contribution in [1.82, 2.24) is 14.5 Å². The third kappa shape index (κ3) is 4.37. The van der Waals surface area contributed by atoms with Crippen LogP contribution in [-0.4, -0.2) is 47.2 Å². The monoisotopic (exact) mass is 466 g/mol. The fourth-order valence-corrected chi connectivity index (χ4v) is 5.01. The number of fused-ring (bicyclic) bond motifs is 3. The average Bonchev–Trinajstić information content (AvgIpc) is 3.22. The van der Waals surface area contributed by atoms with Crippen molar-refractivity contribution in [3.8, 4) is 0 Å². The van der Waals surface area contributed by atoms with Crippen molar-refractivity contribution in [3.05, 3.63) is 72.1 Å². The van der Waals surface area contributed by atoms with Crippen LogP contribution < -0.4 is 4.90 Å².